The Morgan fingerprint density at radius 1 is 1.27 bits per heavy atom. The smallest absolute Gasteiger partial charge is 0.283 e. The number of fused-ring (bicyclic) bond motifs is 1. The lowest BCUT2D eigenvalue weighted by molar-refractivity contribution is 0.0943. The number of hydrogen-bond donors (Lipinski definition) is 0. The Kier molecular flexibility index (Phi) is 3.20. The molecule has 7 nitrogen and oxygen atoms in total. The first-order valence-electron chi connectivity index (χ1n) is 7.07. The van der Waals surface area contributed by atoms with Crippen LogP contribution in [-0.2, 0) is 0 Å². The van der Waals surface area contributed by atoms with E-state index in [2.05, 4.69) is 10.2 Å². The minimum absolute atomic E-state index is 0.0896. The first-order chi connectivity index (χ1) is 10.4. The monoisotopic (exact) mass is 299 g/mol. The molecular formula is C15H17N5O2. The van der Waals surface area contributed by atoms with E-state index in [1.807, 2.05) is 38.3 Å². The van der Waals surface area contributed by atoms with Crippen molar-refractivity contribution < 1.29 is 4.79 Å². The fourth-order valence-electron chi connectivity index (χ4n) is 2.55. The number of aryl methyl sites for hydroxylation is 2. The van der Waals surface area contributed by atoms with Crippen LogP contribution in [-0.4, -0.2) is 29.9 Å². The molecule has 0 unspecified atom stereocenters. The second kappa shape index (κ2) is 4.94. The summed E-state index contributed by atoms with van der Waals surface area (Å²) >= 11 is 0. The highest BCUT2D eigenvalue weighted by molar-refractivity contribution is 6.01. The molecular weight excluding hydrogens is 282 g/mol. The average Bonchev–Trinajstić information content (AvgIpc) is 3.02. The van der Waals surface area contributed by atoms with Gasteiger partial charge in [0, 0.05) is 24.0 Å². The maximum Gasteiger partial charge on any atom is 0.283 e. The van der Waals surface area contributed by atoms with Crippen LogP contribution in [0.25, 0.3) is 5.65 Å². The summed E-state index contributed by atoms with van der Waals surface area (Å²) in [5, 5.41) is 8.28. The lowest BCUT2D eigenvalue weighted by atomic mass is 10.2. The molecule has 0 aliphatic carbocycles. The first kappa shape index (κ1) is 14.2. The summed E-state index contributed by atoms with van der Waals surface area (Å²) in [6.45, 7) is 7.61. The van der Waals surface area contributed by atoms with Gasteiger partial charge in [0.1, 0.15) is 5.56 Å². The van der Waals surface area contributed by atoms with Crippen molar-refractivity contribution in [1.82, 2.24) is 24.0 Å². The number of aromatic nitrogens is 5. The summed E-state index contributed by atoms with van der Waals surface area (Å²) < 4.78 is 4.45. The van der Waals surface area contributed by atoms with Gasteiger partial charge in [-0.15, -0.1) is 0 Å². The number of nitrogens with zero attached hydrogens (tertiary/aromatic N) is 5. The maximum absolute atomic E-state index is 12.8. The molecule has 0 aromatic carbocycles. The zero-order valence-corrected chi connectivity index (χ0v) is 12.9. The molecule has 0 atom stereocenters. The lowest BCUT2D eigenvalue weighted by Crippen LogP contribution is -2.21. The standard InChI is InChI=1S/C15H17N5O2/c1-9(2)18-6-5-13(21)20-14(18)12(8-16-20)15(22)19-11(4)7-10(3)17-19/h5-9H,1-4H3. The molecule has 0 N–H and O–H groups in total. The predicted molar refractivity (Wildman–Crippen MR) is 81.3 cm³/mol. The highest BCUT2D eigenvalue weighted by atomic mass is 16.2. The third kappa shape index (κ3) is 2.05. The summed E-state index contributed by atoms with van der Waals surface area (Å²) in [5.41, 5.74) is 2.09. The maximum atomic E-state index is 12.8. The van der Waals surface area contributed by atoms with Gasteiger partial charge in [-0.3, -0.25) is 9.59 Å². The molecule has 3 aromatic rings. The largest absolute Gasteiger partial charge is 0.329 e. The topological polar surface area (TPSA) is 74.2 Å². The van der Waals surface area contributed by atoms with Crippen molar-refractivity contribution in [2.75, 3.05) is 0 Å². The quantitative estimate of drug-likeness (QED) is 0.720. The second-order valence-corrected chi connectivity index (χ2v) is 5.59. The Morgan fingerprint density at radius 3 is 2.59 bits per heavy atom. The van der Waals surface area contributed by atoms with E-state index in [4.69, 9.17) is 0 Å². The van der Waals surface area contributed by atoms with Gasteiger partial charge in [0.2, 0.25) is 0 Å². The summed E-state index contributed by atoms with van der Waals surface area (Å²) in [6, 6.07) is 3.36. The zero-order chi connectivity index (χ0) is 16.0. The van der Waals surface area contributed by atoms with E-state index in [0.717, 1.165) is 11.4 Å². The van der Waals surface area contributed by atoms with Crippen molar-refractivity contribution in [2.24, 2.45) is 0 Å². The van der Waals surface area contributed by atoms with E-state index in [1.54, 1.807) is 6.20 Å². The van der Waals surface area contributed by atoms with Crippen molar-refractivity contribution in [1.29, 1.82) is 0 Å². The number of carbonyl (C=O) groups is 1. The molecule has 3 rings (SSSR count). The third-order valence-corrected chi connectivity index (χ3v) is 3.56. The van der Waals surface area contributed by atoms with Crippen LogP contribution in [0.3, 0.4) is 0 Å². The van der Waals surface area contributed by atoms with Gasteiger partial charge in [-0.05, 0) is 33.8 Å². The van der Waals surface area contributed by atoms with Crippen LogP contribution < -0.4 is 5.56 Å². The van der Waals surface area contributed by atoms with E-state index in [9.17, 15) is 9.59 Å². The fraction of sp³-hybridized carbons (Fsp3) is 0.333. The zero-order valence-electron chi connectivity index (χ0n) is 12.9. The van der Waals surface area contributed by atoms with Gasteiger partial charge in [-0.2, -0.15) is 14.7 Å². The second-order valence-electron chi connectivity index (χ2n) is 5.59. The molecule has 3 heterocycles. The summed E-state index contributed by atoms with van der Waals surface area (Å²) in [6.07, 6.45) is 3.11. The lowest BCUT2D eigenvalue weighted by Gasteiger charge is -2.13. The van der Waals surface area contributed by atoms with Gasteiger partial charge in [0.05, 0.1) is 11.9 Å². The average molecular weight is 299 g/mol. The normalized spacial score (nSPS) is 11.5. The molecule has 0 saturated carbocycles. The number of hydrogen-bond acceptors (Lipinski definition) is 4. The molecule has 0 aliphatic heterocycles. The van der Waals surface area contributed by atoms with Crippen LogP contribution in [0, 0.1) is 13.8 Å². The van der Waals surface area contributed by atoms with E-state index in [1.165, 1.54) is 21.5 Å². The third-order valence-electron chi connectivity index (χ3n) is 3.56. The molecule has 0 bridgehead atoms. The summed E-state index contributed by atoms with van der Waals surface area (Å²) in [4.78, 5) is 24.7. The van der Waals surface area contributed by atoms with Crippen LogP contribution in [0.1, 0.15) is 41.6 Å². The van der Waals surface area contributed by atoms with Gasteiger partial charge in [-0.25, -0.2) is 4.68 Å². The van der Waals surface area contributed by atoms with Crippen LogP contribution >= 0.6 is 0 Å². The van der Waals surface area contributed by atoms with Crippen LogP contribution in [0.2, 0.25) is 0 Å². The highest BCUT2D eigenvalue weighted by Crippen LogP contribution is 2.16. The minimum Gasteiger partial charge on any atom is -0.329 e. The Hall–Kier alpha value is -2.70. The van der Waals surface area contributed by atoms with Crippen LogP contribution in [0.15, 0.2) is 29.3 Å². The number of rotatable bonds is 2. The van der Waals surface area contributed by atoms with Gasteiger partial charge < -0.3 is 4.57 Å². The predicted octanol–water partition coefficient (Wildman–Crippen LogP) is 1.58. The van der Waals surface area contributed by atoms with E-state index in [0.29, 0.717) is 11.2 Å². The first-order valence-corrected chi connectivity index (χ1v) is 7.07. The Balaban J connectivity index is 2.28. The molecule has 0 aliphatic rings. The van der Waals surface area contributed by atoms with Gasteiger partial charge >= 0.3 is 0 Å². The molecule has 3 aromatic heterocycles. The molecule has 0 spiro atoms. The van der Waals surface area contributed by atoms with Crippen molar-refractivity contribution in [3.05, 3.63) is 51.8 Å². The van der Waals surface area contributed by atoms with E-state index >= 15 is 0 Å². The Bertz CT molecular complexity index is 929. The van der Waals surface area contributed by atoms with E-state index < -0.39 is 0 Å². The summed E-state index contributed by atoms with van der Waals surface area (Å²) in [5.74, 6) is -0.291. The van der Waals surface area contributed by atoms with Gasteiger partial charge in [0.25, 0.3) is 11.5 Å². The number of carbonyl (C=O) groups excluding carboxylic acids is 1. The fourth-order valence-corrected chi connectivity index (χ4v) is 2.55. The Labute approximate surface area is 126 Å². The molecule has 22 heavy (non-hydrogen) atoms. The molecule has 0 saturated heterocycles. The summed E-state index contributed by atoms with van der Waals surface area (Å²) in [7, 11) is 0. The molecule has 7 heteroatoms. The van der Waals surface area contributed by atoms with Crippen LogP contribution in [0.5, 0.6) is 0 Å². The molecule has 0 radical (unpaired) electrons. The molecule has 0 fully saturated rings. The van der Waals surface area contributed by atoms with Crippen molar-refractivity contribution >= 4 is 11.6 Å². The Morgan fingerprint density at radius 2 is 2.00 bits per heavy atom. The van der Waals surface area contributed by atoms with Gasteiger partial charge in [0.15, 0.2) is 5.65 Å². The van der Waals surface area contributed by atoms with Crippen molar-refractivity contribution in [3.8, 4) is 0 Å². The minimum atomic E-state index is -0.291. The van der Waals surface area contributed by atoms with Gasteiger partial charge in [-0.1, -0.05) is 0 Å². The molecule has 0 amide bonds. The van der Waals surface area contributed by atoms with Crippen LogP contribution in [0.4, 0.5) is 0 Å². The van der Waals surface area contributed by atoms with Crippen molar-refractivity contribution in [2.45, 2.75) is 33.7 Å². The SMILES string of the molecule is Cc1cc(C)n(C(=O)c2cnn3c(=O)ccn(C(C)C)c23)n1. The molecule has 114 valence electrons. The van der Waals surface area contributed by atoms with Crippen molar-refractivity contribution in [3.63, 3.8) is 0 Å². The highest BCUT2D eigenvalue weighted by Gasteiger charge is 2.21. The van der Waals surface area contributed by atoms with E-state index in [-0.39, 0.29) is 17.5 Å².